The van der Waals surface area contributed by atoms with Gasteiger partial charge >= 0.3 is 0 Å². The quantitative estimate of drug-likeness (QED) is 0.890. The van der Waals surface area contributed by atoms with E-state index in [4.69, 9.17) is 13.9 Å². The Morgan fingerprint density at radius 2 is 2.30 bits per heavy atom. The summed E-state index contributed by atoms with van der Waals surface area (Å²) in [4.78, 5) is 12.0. The summed E-state index contributed by atoms with van der Waals surface area (Å²) in [7, 11) is 0. The van der Waals surface area contributed by atoms with Crippen LogP contribution in [0.2, 0.25) is 0 Å². The molecular formula is C18H21NO4. The second-order valence-electron chi connectivity index (χ2n) is 5.81. The summed E-state index contributed by atoms with van der Waals surface area (Å²) < 4.78 is 16.4. The number of carbonyl (C=O) groups is 1. The lowest BCUT2D eigenvalue weighted by molar-refractivity contribution is 0.0923. The van der Waals surface area contributed by atoms with E-state index in [0.717, 1.165) is 36.5 Å². The molecule has 0 aliphatic carbocycles. The summed E-state index contributed by atoms with van der Waals surface area (Å²) in [6.07, 6.45) is 2.52. The topological polar surface area (TPSA) is 60.7 Å². The van der Waals surface area contributed by atoms with Crippen LogP contribution < -0.4 is 10.1 Å². The molecule has 1 aromatic heterocycles. The monoisotopic (exact) mass is 315 g/mol. The molecule has 0 spiro atoms. The van der Waals surface area contributed by atoms with Crippen molar-refractivity contribution >= 4 is 5.91 Å². The number of amides is 1. The molecule has 5 nitrogen and oxygen atoms in total. The zero-order valence-corrected chi connectivity index (χ0v) is 13.2. The van der Waals surface area contributed by atoms with E-state index in [-0.39, 0.29) is 5.91 Å². The summed E-state index contributed by atoms with van der Waals surface area (Å²) in [5, 5.41) is 2.85. The Bertz CT molecular complexity index is 645. The highest BCUT2D eigenvalue weighted by molar-refractivity contribution is 5.91. The minimum absolute atomic E-state index is 0.231. The van der Waals surface area contributed by atoms with Crippen molar-refractivity contribution in [3.8, 4) is 5.75 Å². The van der Waals surface area contributed by atoms with Crippen LogP contribution in [0.3, 0.4) is 0 Å². The molecule has 0 radical (unpaired) electrons. The predicted molar refractivity (Wildman–Crippen MR) is 85.5 cm³/mol. The second kappa shape index (κ2) is 7.33. The number of ether oxygens (including phenoxy) is 2. The molecule has 1 saturated heterocycles. The van der Waals surface area contributed by atoms with Gasteiger partial charge in [0.15, 0.2) is 5.76 Å². The highest BCUT2D eigenvalue weighted by atomic mass is 16.5. The van der Waals surface area contributed by atoms with Crippen molar-refractivity contribution in [2.75, 3.05) is 19.8 Å². The number of hydrogen-bond donors (Lipinski definition) is 1. The summed E-state index contributed by atoms with van der Waals surface area (Å²) in [6.45, 7) is 4.64. The Hall–Kier alpha value is -2.27. The lowest BCUT2D eigenvalue weighted by Gasteiger charge is -2.15. The van der Waals surface area contributed by atoms with E-state index in [1.165, 1.54) is 6.26 Å². The summed E-state index contributed by atoms with van der Waals surface area (Å²) in [6, 6.07) is 9.34. The van der Waals surface area contributed by atoms with Crippen LogP contribution in [-0.2, 0) is 11.3 Å². The number of benzene rings is 1. The molecule has 1 amide bonds. The molecular weight excluding hydrogens is 294 g/mol. The molecule has 0 saturated carbocycles. The van der Waals surface area contributed by atoms with E-state index >= 15 is 0 Å². The number of hydrogen-bond acceptors (Lipinski definition) is 4. The van der Waals surface area contributed by atoms with E-state index < -0.39 is 0 Å². The lowest BCUT2D eigenvalue weighted by atomic mass is 10.1. The van der Waals surface area contributed by atoms with Gasteiger partial charge in [-0.2, -0.15) is 0 Å². The third kappa shape index (κ3) is 4.13. The molecule has 1 aliphatic rings. The fourth-order valence-corrected chi connectivity index (χ4v) is 2.53. The molecule has 23 heavy (non-hydrogen) atoms. The Kier molecular flexibility index (Phi) is 4.98. The molecule has 5 heteroatoms. The van der Waals surface area contributed by atoms with Crippen LogP contribution in [0.5, 0.6) is 5.75 Å². The van der Waals surface area contributed by atoms with Gasteiger partial charge in [-0.05, 0) is 37.1 Å². The molecule has 122 valence electrons. The SMILES string of the molecule is Cc1ccc(CNC(=O)c2ccco2)c(OC[C@H]2CCOC2)c1. The standard InChI is InChI=1S/C18H21NO4/c1-13-4-5-15(10-19-18(20)16-3-2-7-22-16)17(9-13)23-12-14-6-8-21-11-14/h2-5,7,9,14H,6,8,10-12H2,1H3,(H,19,20)/t14-/m0/s1. The number of nitrogens with one attached hydrogen (secondary N) is 1. The molecule has 1 aliphatic heterocycles. The Labute approximate surface area is 135 Å². The zero-order valence-electron chi connectivity index (χ0n) is 13.2. The summed E-state index contributed by atoms with van der Waals surface area (Å²) in [5.41, 5.74) is 2.08. The number of aryl methyl sites for hydroxylation is 1. The maximum atomic E-state index is 12.0. The summed E-state index contributed by atoms with van der Waals surface area (Å²) in [5.74, 6) is 1.34. The Morgan fingerprint density at radius 3 is 3.04 bits per heavy atom. The second-order valence-corrected chi connectivity index (χ2v) is 5.81. The van der Waals surface area contributed by atoms with Gasteiger partial charge in [0.1, 0.15) is 5.75 Å². The van der Waals surface area contributed by atoms with Gasteiger partial charge in [0.05, 0.1) is 19.5 Å². The minimum Gasteiger partial charge on any atom is -0.493 e. The minimum atomic E-state index is -0.231. The van der Waals surface area contributed by atoms with Crippen LogP contribution in [0.4, 0.5) is 0 Å². The molecule has 1 N–H and O–H groups in total. The molecule has 0 unspecified atom stereocenters. The van der Waals surface area contributed by atoms with E-state index in [9.17, 15) is 4.79 Å². The molecule has 2 heterocycles. The maximum absolute atomic E-state index is 12.0. The Balaban J connectivity index is 1.62. The zero-order chi connectivity index (χ0) is 16.1. The first-order valence-corrected chi connectivity index (χ1v) is 7.84. The van der Waals surface area contributed by atoms with E-state index in [1.807, 2.05) is 25.1 Å². The third-order valence-electron chi connectivity index (χ3n) is 3.91. The molecule has 3 rings (SSSR count). The Morgan fingerprint density at radius 1 is 1.39 bits per heavy atom. The van der Waals surface area contributed by atoms with Crippen molar-refractivity contribution in [3.63, 3.8) is 0 Å². The number of rotatable bonds is 6. The number of carbonyl (C=O) groups excluding carboxylic acids is 1. The first kappa shape index (κ1) is 15.6. The average Bonchev–Trinajstić information content (AvgIpc) is 3.25. The van der Waals surface area contributed by atoms with Gasteiger partial charge in [0, 0.05) is 24.6 Å². The van der Waals surface area contributed by atoms with Gasteiger partial charge in [-0.15, -0.1) is 0 Å². The lowest BCUT2D eigenvalue weighted by Crippen LogP contribution is -2.23. The average molecular weight is 315 g/mol. The van der Waals surface area contributed by atoms with Gasteiger partial charge < -0.3 is 19.2 Å². The number of furan rings is 1. The van der Waals surface area contributed by atoms with Gasteiger partial charge in [0.2, 0.25) is 0 Å². The van der Waals surface area contributed by atoms with Crippen LogP contribution in [0.25, 0.3) is 0 Å². The van der Waals surface area contributed by atoms with Crippen molar-refractivity contribution in [1.29, 1.82) is 0 Å². The normalized spacial score (nSPS) is 17.2. The fourth-order valence-electron chi connectivity index (χ4n) is 2.53. The van der Waals surface area contributed by atoms with Crippen LogP contribution in [0.15, 0.2) is 41.0 Å². The van der Waals surface area contributed by atoms with E-state index in [2.05, 4.69) is 5.32 Å². The first-order chi connectivity index (χ1) is 11.2. The predicted octanol–water partition coefficient (Wildman–Crippen LogP) is 2.93. The summed E-state index contributed by atoms with van der Waals surface area (Å²) >= 11 is 0. The van der Waals surface area contributed by atoms with Gasteiger partial charge in [-0.25, -0.2) is 0 Å². The largest absolute Gasteiger partial charge is 0.493 e. The van der Waals surface area contributed by atoms with E-state index in [1.54, 1.807) is 12.1 Å². The van der Waals surface area contributed by atoms with Crippen LogP contribution >= 0.6 is 0 Å². The van der Waals surface area contributed by atoms with E-state index in [0.29, 0.717) is 24.8 Å². The van der Waals surface area contributed by atoms with Crippen LogP contribution in [0.1, 0.15) is 28.1 Å². The highest BCUT2D eigenvalue weighted by Crippen LogP contribution is 2.22. The van der Waals surface area contributed by atoms with Crippen molar-refractivity contribution in [2.45, 2.75) is 19.9 Å². The van der Waals surface area contributed by atoms with Crippen molar-refractivity contribution < 1.29 is 18.7 Å². The molecule has 2 aromatic rings. The van der Waals surface area contributed by atoms with Crippen molar-refractivity contribution in [3.05, 3.63) is 53.5 Å². The molecule has 1 fully saturated rings. The maximum Gasteiger partial charge on any atom is 0.287 e. The smallest absolute Gasteiger partial charge is 0.287 e. The van der Waals surface area contributed by atoms with Gasteiger partial charge in [-0.3, -0.25) is 4.79 Å². The first-order valence-electron chi connectivity index (χ1n) is 7.84. The molecule has 1 atom stereocenters. The van der Waals surface area contributed by atoms with Crippen LogP contribution in [-0.4, -0.2) is 25.7 Å². The van der Waals surface area contributed by atoms with Gasteiger partial charge in [0.25, 0.3) is 5.91 Å². The highest BCUT2D eigenvalue weighted by Gasteiger charge is 2.17. The van der Waals surface area contributed by atoms with Gasteiger partial charge in [-0.1, -0.05) is 12.1 Å². The third-order valence-corrected chi connectivity index (χ3v) is 3.91. The molecule has 0 bridgehead atoms. The van der Waals surface area contributed by atoms with Crippen molar-refractivity contribution in [2.24, 2.45) is 5.92 Å². The fraction of sp³-hybridized carbons (Fsp3) is 0.389. The molecule has 1 aromatic carbocycles. The van der Waals surface area contributed by atoms with Crippen molar-refractivity contribution in [1.82, 2.24) is 5.32 Å². The van der Waals surface area contributed by atoms with Crippen LogP contribution in [0, 0.1) is 12.8 Å².